The first-order chi connectivity index (χ1) is 6.00. The van der Waals surface area contributed by atoms with Crippen molar-refractivity contribution in [1.29, 1.82) is 0 Å². The van der Waals surface area contributed by atoms with Crippen molar-refractivity contribution >= 4 is 0 Å². The monoisotopic (exact) mass is 163 g/mol. The van der Waals surface area contributed by atoms with Crippen LogP contribution in [0.15, 0.2) is 18.2 Å². The lowest BCUT2D eigenvalue weighted by molar-refractivity contribution is 0.649. The van der Waals surface area contributed by atoms with Crippen molar-refractivity contribution in [2.75, 3.05) is 0 Å². The molecule has 0 spiro atoms. The molecule has 0 heterocycles. The molecule has 1 aliphatic rings. The highest BCUT2D eigenvalue weighted by molar-refractivity contribution is 4.85. The molecule has 0 amide bonds. The maximum Gasteiger partial charge on any atom is -0.0245 e. The fraction of sp³-hybridized carbons (Fsp3) is 0.667. The van der Waals surface area contributed by atoms with Crippen molar-refractivity contribution in [2.24, 2.45) is 0 Å². The van der Waals surface area contributed by atoms with Crippen LogP contribution in [0.25, 0.3) is 0 Å². The SMILES string of the molecule is [C]1=C\CCCCCC/C=C\CC/1. The molecular formula is C12H19. The zero-order chi connectivity index (χ0) is 8.49. The second-order valence-corrected chi connectivity index (χ2v) is 3.41. The van der Waals surface area contributed by atoms with Crippen LogP contribution in [0.2, 0.25) is 0 Å². The van der Waals surface area contributed by atoms with E-state index in [9.17, 15) is 0 Å². The molecule has 0 nitrogen and oxygen atoms in total. The molecule has 0 heteroatoms. The zero-order valence-corrected chi connectivity index (χ0v) is 7.89. The van der Waals surface area contributed by atoms with E-state index < -0.39 is 0 Å². The van der Waals surface area contributed by atoms with Gasteiger partial charge in [0, 0.05) is 0 Å². The second-order valence-electron chi connectivity index (χ2n) is 3.41. The largest absolute Gasteiger partial charge is 0.0885 e. The molecule has 0 fully saturated rings. The summed E-state index contributed by atoms with van der Waals surface area (Å²) in [7, 11) is 0. The molecule has 1 aliphatic carbocycles. The van der Waals surface area contributed by atoms with Gasteiger partial charge in [-0.1, -0.05) is 31.1 Å². The molecule has 0 saturated heterocycles. The van der Waals surface area contributed by atoms with Gasteiger partial charge in [0.25, 0.3) is 0 Å². The minimum absolute atomic E-state index is 1.11. The average Bonchev–Trinajstić information content (AvgIpc) is 2.05. The summed E-state index contributed by atoms with van der Waals surface area (Å²) in [6.07, 6.45) is 20.5. The molecule has 0 aliphatic heterocycles. The van der Waals surface area contributed by atoms with E-state index in [1.165, 1.54) is 44.9 Å². The third-order valence-corrected chi connectivity index (χ3v) is 2.24. The second kappa shape index (κ2) is 7.15. The number of hydrogen-bond acceptors (Lipinski definition) is 0. The Balaban J connectivity index is 2.19. The van der Waals surface area contributed by atoms with Crippen LogP contribution in [-0.2, 0) is 0 Å². The fourth-order valence-electron chi connectivity index (χ4n) is 1.47. The molecule has 0 unspecified atom stereocenters. The first-order valence-electron chi connectivity index (χ1n) is 5.20. The lowest BCUT2D eigenvalue weighted by atomic mass is 10.1. The van der Waals surface area contributed by atoms with Crippen LogP contribution >= 0.6 is 0 Å². The van der Waals surface area contributed by atoms with Crippen molar-refractivity contribution in [3.63, 3.8) is 0 Å². The van der Waals surface area contributed by atoms with Gasteiger partial charge in [-0.2, -0.15) is 0 Å². The van der Waals surface area contributed by atoms with Gasteiger partial charge < -0.3 is 0 Å². The van der Waals surface area contributed by atoms with Crippen LogP contribution in [0.5, 0.6) is 0 Å². The summed E-state index contributed by atoms with van der Waals surface area (Å²) in [4.78, 5) is 0. The minimum atomic E-state index is 1.11. The quantitative estimate of drug-likeness (QED) is 0.473. The van der Waals surface area contributed by atoms with Crippen molar-refractivity contribution in [3.8, 4) is 0 Å². The fourth-order valence-corrected chi connectivity index (χ4v) is 1.47. The Hall–Kier alpha value is -0.520. The molecule has 0 bridgehead atoms. The Kier molecular flexibility index (Phi) is 5.70. The van der Waals surface area contributed by atoms with Gasteiger partial charge in [-0.3, -0.25) is 0 Å². The van der Waals surface area contributed by atoms with Gasteiger partial charge in [0.05, 0.1) is 0 Å². The van der Waals surface area contributed by atoms with E-state index in [-0.39, 0.29) is 0 Å². The maximum absolute atomic E-state index is 3.33. The Morgan fingerprint density at radius 2 is 1.50 bits per heavy atom. The highest BCUT2D eigenvalue weighted by Gasteiger charge is 1.88. The molecule has 0 aromatic carbocycles. The van der Waals surface area contributed by atoms with Crippen molar-refractivity contribution in [1.82, 2.24) is 0 Å². The first kappa shape index (κ1) is 9.57. The molecule has 0 saturated carbocycles. The summed E-state index contributed by atoms with van der Waals surface area (Å²) < 4.78 is 0. The third-order valence-electron chi connectivity index (χ3n) is 2.24. The van der Waals surface area contributed by atoms with Crippen molar-refractivity contribution < 1.29 is 0 Å². The van der Waals surface area contributed by atoms with Crippen LogP contribution in [0.3, 0.4) is 0 Å². The average molecular weight is 163 g/mol. The predicted molar refractivity (Wildman–Crippen MR) is 53.9 cm³/mol. The summed E-state index contributed by atoms with van der Waals surface area (Å²) >= 11 is 0. The van der Waals surface area contributed by atoms with E-state index in [1.807, 2.05) is 0 Å². The lowest BCUT2D eigenvalue weighted by Crippen LogP contribution is -1.78. The minimum Gasteiger partial charge on any atom is -0.0885 e. The Morgan fingerprint density at radius 3 is 2.42 bits per heavy atom. The van der Waals surface area contributed by atoms with E-state index in [0.717, 1.165) is 6.42 Å². The zero-order valence-electron chi connectivity index (χ0n) is 7.89. The molecular weight excluding hydrogens is 144 g/mol. The summed E-state index contributed by atoms with van der Waals surface area (Å²) in [5, 5.41) is 0. The van der Waals surface area contributed by atoms with Gasteiger partial charge in [-0.05, 0) is 44.6 Å². The number of rotatable bonds is 0. The van der Waals surface area contributed by atoms with Crippen LogP contribution in [0.1, 0.15) is 51.4 Å². The molecule has 0 N–H and O–H groups in total. The van der Waals surface area contributed by atoms with E-state index in [4.69, 9.17) is 0 Å². The van der Waals surface area contributed by atoms with Gasteiger partial charge in [0.1, 0.15) is 0 Å². The molecule has 67 valence electrons. The standard InChI is InChI=1S/C12H19/c1-2-4-6-8-10-12-11-9-7-5-3-1/h1-2,10H,3-7,9,11-12H2/b2-1-,10-8?. The van der Waals surface area contributed by atoms with Gasteiger partial charge >= 0.3 is 0 Å². The normalized spacial score (nSPS) is 26.7. The van der Waals surface area contributed by atoms with Crippen LogP contribution in [-0.4, -0.2) is 0 Å². The summed E-state index contributed by atoms with van der Waals surface area (Å²) in [6.45, 7) is 0. The van der Waals surface area contributed by atoms with Crippen LogP contribution < -0.4 is 0 Å². The summed E-state index contributed by atoms with van der Waals surface area (Å²) in [5.41, 5.74) is 0. The van der Waals surface area contributed by atoms with E-state index >= 15 is 0 Å². The van der Waals surface area contributed by atoms with Gasteiger partial charge in [0.2, 0.25) is 0 Å². The van der Waals surface area contributed by atoms with Gasteiger partial charge in [-0.15, -0.1) is 0 Å². The van der Waals surface area contributed by atoms with Crippen LogP contribution in [0, 0.1) is 6.08 Å². The Labute approximate surface area is 76.4 Å². The number of allylic oxidation sites excluding steroid dienone is 4. The molecule has 1 rings (SSSR count). The third kappa shape index (κ3) is 5.17. The lowest BCUT2D eigenvalue weighted by Gasteiger charge is -1.98. The molecule has 0 aromatic rings. The van der Waals surface area contributed by atoms with Crippen molar-refractivity contribution in [2.45, 2.75) is 51.4 Å². The Morgan fingerprint density at radius 1 is 0.750 bits per heavy atom. The maximum atomic E-state index is 3.33. The molecule has 12 heavy (non-hydrogen) atoms. The first-order valence-corrected chi connectivity index (χ1v) is 5.20. The predicted octanol–water partition coefficient (Wildman–Crippen LogP) is 4.04. The number of hydrogen-bond donors (Lipinski definition) is 0. The van der Waals surface area contributed by atoms with Gasteiger partial charge in [0.15, 0.2) is 0 Å². The van der Waals surface area contributed by atoms with Crippen LogP contribution in [0.4, 0.5) is 0 Å². The van der Waals surface area contributed by atoms with E-state index in [2.05, 4.69) is 24.3 Å². The smallest absolute Gasteiger partial charge is 0.0245 e. The van der Waals surface area contributed by atoms with Gasteiger partial charge in [-0.25, -0.2) is 0 Å². The Bertz CT molecular complexity index is 124. The molecule has 0 atom stereocenters. The summed E-state index contributed by atoms with van der Waals surface area (Å²) in [5.74, 6) is 0. The van der Waals surface area contributed by atoms with E-state index in [0.29, 0.717) is 0 Å². The van der Waals surface area contributed by atoms with Crippen molar-refractivity contribution in [3.05, 3.63) is 24.3 Å². The molecule has 1 radical (unpaired) electrons. The van der Waals surface area contributed by atoms with E-state index in [1.54, 1.807) is 0 Å². The highest BCUT2D eigenvalue weighted by Crippen LogP contribution is 2.08. The topological polar surface area (TPSA) is 0 Å². The molecule has 0 aromatic heterocycles. The highest BCUT2D eigenvalue weighted by atomic mass is 13.9. The summed E-state index contributed by atoms with van der Waals surface area (Å²) in [6, 6.07) is 0.